The highest BCUT2D eigenvalue weighted by Crippen LogP contribution is 2.18. The number of carboxylic acid groups (broad SMARTS) is 1. The van der Waals surface area contributed by atoms with E-state index in [0.29, 0.717) is 36.6 Å². The second-order valence-corrected chi connectivity index (χ2v) is 7.11. The maximum Gasteiger partial charge on any atom is 0.490 e. The zero-order valence-corrected chi connectivity index (χ0v) is 17.6. The standard InChI is InChI=1S/C19H18FN5O2.C2HF3O2/c20-15-4-1-3-14(9-15)10-19(26)24-7-8-25-18(12-24)17(22-23-25)13-27-16-5-2-6-21-11-16;3-2(4,5)1(6)7/h1-6,9,11H,7-8,10,12-13H2;(H,6,7). The van der Waals surface area contributed by atoms with Gasteiger partial charge in [-0.15, -0.1) is 5.10 Å². The number of ether oxygens (including phenoxy) is 1. The fourth-order valence-electron chi connectivity index (χ4n) is 3.04. The Hall–Kier alpha value is -4.03. The number of carboxylic acids is 1. The van der Waals surface area contributed by atoms with Crippen LogP contribution in [-0.4, -0.2) is 54.6 Å². The number of aromatic nitrogens is 4. The molecule has 0 atom stereocenters. The van der Waals surface area contributed by atoms with Crippen LogP contribution >= 0.6 is 0 Å². The third kappa shape index (κ3) is 6.73. The van der Waals surface area contributed by atoms with Crippen LogP contribution in [0.1, 0.15) is 17.0 Å². The van der Waals surface area contributed by atoms with Gasteiger partial charge in [-0.2, -0.15) is 13.2 Å². The van der Waals surface area contributed by atoms with E-state index in [4.69, 9.17) is 14.6 Å². The SMILES string of the molecule is O=C(Cc1cccc(F)c1)N1CCn2nnc(COc3cccnc3)c2C1.O=C(O)C(F)(F)F. The van der Waals surface area contributed by atoms with Gasteiger partial charge < -0.3 is 14.7 Å². The molecule has 0 bridgehead atoms. The summed E-state index contributed by atoms with van der Waals surface area (Å²) in [5.41, 5.74) is 2.22. The molecule has 1 N–H and O–H groups in total. The van der Waals surface area contributed by atoms with E-state index in [0.717, 1.165) is 5.69 Å². The van der Waals surface area contributed by atoms with E-state index in [9.17, 15) is 22.4 Å². The van der Waals surface area contributed by atoms with Gasteiger partial charge in [-0.1, -0.05) is 17.3 Å². The minimum absolute atomic E-state index is 0.0489. The highest BCUT2D eigenvalue weighted by molar-refractivity contribution is 5.78. The average molecular weight is 481 g/mol. The van der Waals surface area contributed by atoms with E-state index in [1.165, 1.54) is 12.1 Å². The fraction of sp³-hybridized carbons (Fsp3) is 0.286. The number of pyridine rings is 1. The number of fused-ring (bicyclic) bond motifs is 1. The number of carbonyl (C=O) groups is 2. The van der Waals surface area contributed by atoms with Gasteiger partial charge in [0.15, 0.2) is 0 Å². The number of hydrogen-bond donors (Lipinski definition) is 1. The Labute approximate surface area is 190 Å². The van der Waals surface area contributed by atoms with Gasteiger partial charge in [-0.25, -0.2) is 13.9 Å². The van der Waals surface area contributed by atoms with E-state index < -0.39 is 12.1 Å². The Morgan fingerprint density at radius 1 is 1.15 bits per heavy atom. The monoisotopic (exact) mass is 481 g/mol. The van der Waals surface area contributed by atoms with Gasteiger partial charge in [-0.05, 0) is 29.8 Å². The summed E-state index contributed by atoms with van der Waals surface area (Å²) in [6.45, 7) is 1.79. The molecule has 9 nitrogen and oxygen atoms in total. The molecule has 1 aromatic carbocycles. The smallest absolute Gasteiger partial charge is 0.486 e. The first-order chi connectivity index (χ1) is 16.1. The number of benzene rings is 1. The van der Waals surface area contributed by atoms with Crippen LogP contribution in [0.3, 0.4) is 0 Å². The molecule has 3 aromatic rings. The molecule has 4 rings (SSSR count). The van der Waals surface area contributed by atoms with Gasteiger partial charge in [0.1, 0.15) is 23.9 Å². The molecular formula is C21H19F4N5O4. The largest absolute Gasteiger partial charge is 0.490 e. The number of aliphatic carboxylic acids is 1. The van der Waals surface area contributed by atoms with Crippen LogP contribution in [-0.2, 0) is 35.7 Å². The van der Waals surface area contributed by atoms with E-state index in [1.807, 2.05) is 6.07 Å². The average Bonchev–Trinajstić information content (AvgIpc) is 3.20. The van der Waals surface area contributed by atoms with Crippen LogP contribution in [0.25, 0.3) is 0 Å². The number of halogens is 4. The first-order valence-corrected chi connectivity index (χ1v) is 9.90. The molecule has 1 aliphatic heterocycles. The molecule has 3 heterocycles. The van der Waals surface area contributed by atoms with Crippen molar-refractivity contribution in [3.63, 3.8) is 0 Å². The molecule has 0 radical (unpaired) electrons. The maximum atomic E-state index is 13.3. The Morgan fingerprint density at radius 2 is 1.91 bits per heavy atom. The second-order valence-electron chi connectivity index (χ2n) is 7.11. The lowest BCUT2D eigenvalue weighted by Crippen LogP contribution is -2.39. The number of hydrogen-bond acceptors (Lipinski definition) is 6. The van der Waals surface area contributed by atoms with E-state index in [1.54, 1.807) is 40.2 Å². The number of carbonyl (C=O) groups excluding carboxylic acids is 1. The van der Waals surface area contributed by atoms with Crippen LogP contribution in [0, 0.1) is 5.82 Å². The Balaban J connectivity index is 0.000000406. The highest BCUT2D eigenvalue weighted by atomic mass is 19.4. The van der Waals surface area contributed by atoms with Crippen molar-refractivity contribution in [2.24, 2.45) is 0 Å². The second kappa shape index (κ2) is 10.7. The van der Waals surface area contributed by atoms with Crippen molar-refractivity contribution in [2.75, 3.05) is 6.54 Å². The lowest BCUT2D eigenvalue weighted by molar-refractivity contribution is -0.192. The molecule has 0 saturated carbocycles. The minimum atomic E-state index is -5.08. The molecule has 0 saturated heterocycles. The van der Waals surface area contributed by atoms with Crippen LogP contribution in [0.4, 0.5) is 17.6 Å². The fourth-order valence-corrected chi connectivity index (χ4v) is 3.04. The van der Waals surface area contributed by atoms with Gasteiger partial charge >= 0.3 is 12.1 Å². The van der Waals surface area contributed by atoms with Crippen molar-refractivity contribution >= 4 is 11.9 Å². The summed E-state index contributed by atoms with van der Waals surface area (Å²) < 4.78 is 52.6. The van der Waals surface area contributed by atoms with E-state index >= 15 is 0 Å². The van der Waals surface area contributed by atoms with Gasteiger partial charge in [0.05, 0.1) is 31.4 Å². The number of rotatable bonds is 5. The third-order valence-corrected chi connectivity index (χ3v) is 4.69. The zero-order chi connectivity index (χ0) is 24.7. The highest BCUT2D eigenvalue weighted by Gasteiger charge is 2.38. The maximum absolute atomic E-state index is 13.3. The molecule has 34 heavy (non-hydrogen) atoms. The first-order valence-electron chi connectivity index (χ1n) is 9.90. The molecule has 0 spiro atoms. The Bertz CT molecular complexity index is 1140. The van der Waals surface area contributed by atoms with E-state index in [2.05, 4.69) is 15.3 Å². The van der Waals surface area contributed by atoms with Gasteiger partial charge in [-0.3, -0.25) is 9.78 Å². The Kier molecular flexibility index (Phi) is 7.76. The van der Waals surface area contributed by atoms with Gasteiger partial charge in [0, 0.05) is 12.7 Å². The summed E-state index contributed by atoms with van der Waals surface area (Å²) in [5, 5.41) is 15.4. The predicted molar refractivity (Wildman–Crippen MR) is 108 cm³/mol. The summed E-state index contributed by atoms with van der Waals surface area (Å²) >= 11 is 0. The molecule has 180 valence electrons. The van der Waals surface area contributed by atoms with Crippen LogP contribution < -0.4 is 4.74 Å². The summed E-state index contributed by atoms with van der Waals surface area (Å²) in [5.74, 6) is -2.50. The number of nitrogens with zero attached hydrogens (tertiary/aromatic N) is 5. The lowest BCUT2D eigenvalue weighted by atomic mass is 10.1. The van der Waals surface area contributed by atoms with E-state index in [-0.39, 0.29) is 24.8 Å². The molecule has 0 aliphatic carbocycles. The molecule has 13 heteroatoms. The molecular weight excluding hydrogens is 462 g/mol. The molecule has 2 aromatic heterocycles. The normalized spacial score (nSPS) is 12.9. The van der Waals surface area contributed by atoms with Crippen LogP contribution in [0.5, 0.6) is 5.75 Å². The van der Waals surface area contributed by atoms with Crippen LogP contribution in [0.2, 0.25) is 0 Å². The third-order valence-electron chi connectivity index (χ3n) is 4.69. The molecule has 0 unspecified atom stereocenters. The van der Waals surface area contributed by atoms with Gasteiger partial charge in [0.25, 0.3) is 0 Å². The van der Waals surface area contributed by atoms with Crippen molar-refractivity contribution in [1.82, 2.24) is 24.9 Å². The quantitative estimate of drug-likeness (QED) is 0.558. The first kappa shape index (κ1) is 24.6. The van der Waals surface area contributed by atoms with Crippen molar-refractivity contribution in [1.29, 1.82) is 0 Å². The van der Waals surface area contributed by atoms with Crippen molar-refractivity contribution in [3.8, 4) is 5.75 Å². The molecule has 1 aliphatic rings. The van der Waals surface area contributed by atoms with Gasteiger partial charge in [0.2, 0.25) is 5.91 Å². The summed E-state index contributed by atoms with van der Waals surface area (Å²) in [4.78, 5) is 27.3. The number of alkyl halides is 3. The summed E-state index contributed by atoms with van der Waals surface area (Å²) in [6.07, 6.45) is -1.61. The summed E-state index contributed by atoms with van der Waals surface area (Å²) in [6, 6.07) is 9.74. The summed E-state index contributed by atoms with van der Waals surface area (Å²) in [7, 11) is 0. The van der Waals surface area contributed by atoms with Crippen LogP contribution in [0.15, 0.2) is 48.8 Å². The molecule has 1 amide bonds. The lowest BCUT2D eigenvalue weighted by Gasteiger charge is -2.28. The molecule has 0 fully saturated rings. The Morgan fingerprint density at radius 3 is 2.56 bits per heavy atom. The predicted octanol–water partition coefficient (Wildman–Crippen LogP) is 2.61. The van der Waals surface area contributed by atoms with Crippen molar-refractivity contribution in [2.45, 2.75) is 32.3 Å². The zero-order valence-electron chi connectivity index (χ0n) is 17.6. The van der Waals surface area contributed by atoms with Crippen molar-refractivity contribution < 1.29 is 37.0 Å². The number of amides is 1. The minimum Gasteiger partial charge on any atom is -0.486 e. The van der Waals surface area contributed by atoms with Crippen molar-refractivity contribution in [3.05, 3.63) is 71.6 Å². The topological polar surface area (TPSA) is 110 Å².